The number of fused-ring (bicyclic) bond motifs is 1. The second-order valence-electron chi connectivity index (χ2n) is 6.91. The van der Waals surface area contributed by atoms with Crippen LogP contribution < -0.4 is 10.1 Å². The molecular formula is C23H24ClNO2. The molecule has 1 N–H and O–H groups in total. The predicted molar refractivity (Wildman–Crippen MR) is 110 cm³/mol. The summed E-state index contributed by atoms with van der Waals surface area (Å²) in [5.74, 6) is 0.897. The minimum absolute atomic E-state index is 0.326. The number of rotatable bonds is 7. The molecule has 4 heteroatoms. The maximum Gasteiger partial charge on any atom is 0.124 e. The first kappa shape index (κ1) is 18.3. The molecule has 0 saturated carbocycles. The standard InChI is InChI=1S/C23H24ClNO2/c24-22-10-4-2-7-18(22)16-27-23-12-11-17-6-1-3-9-20(17)21(23)15-25-14-19-8-5-13-26-19/h1-4,6-7,9-12,19,25H,5,8,13-16H2/t19-/m0/s1. The Labute approximate surface area is 165 Å². The fourth-order valence-electron chi connectivity index (χ4n) is 3.57. The zero-order valence-electron chi connectivity index (χ0n) is 15.3. The molecule has 1 saturated heterocycles. The van der Waals surface area contributed by atoms with Crippen molar-refractivity contribution in [3.8, 4) is 5.75 Å². The van der Waals surface area contributed by atoms with Gasteiger partial charge in [0.15, 0.2) is 0 Å². The summed E-state index contributed by atoms with van der Waals surface area (Å²) in [6, 6.07) is 20.4. The van der Waals surface area contributed by atoms with Crippen LogP contribution in [-0.2, 0) is 17.9 Å². The van der Waals surface area contributed by atoms with E-state index in [0.29, 0.717) is 12.7 Å². The molecule has 1 aliphatic rings. The van der Waals surface area contributed by atoms with Gasteiger partial charge in [-0.25, -0.2) is 0 Å². The molecule has 1 heterocycles. The van der Waals surface area contributed by atoms with E-state index in [9.17, 15) is 0 Å². The number of hydrogen-bond acceptors (Lipinski definition) is 3. The van der Waals surface area contributed by atoms with Crippen LogP contribution in [0.5, 0.6) is 5.75 Å². The second kappa shape index (κ2) is 8.75. The lowest BCUT2D eigenvalue weighted by Gasteiger charge is -2.17. The lowest BCUT2D eigenvalue weighted by Crippen LogP contribution is -2.26. The Balaban J connectivity index is 1.54. The van der Waals surface area contributed by atoms with E-state index in [2.05, 4.69) is 41.7 Å². The summed E-state index contributed by atoms with van der Waals surface area (Å²) in [5.41, 5.74) is 2.17. The molecule has 140 valence electrons. The number of ether oxygens (including phenoxy) is 2. The Bertz CT molecular complexity index is 906. The summed E-state index contributed by atoms with van der Waals surface area (Å²) < 4.78 is 11.9. The largest absolute Gasteiger partial charge is 0.488 e. The second-order valence-corrected chi connectivity index (χ2v) is 7.32. The highest BCUT2D eigenvalue weighted by Gasteiger charge is 2.16. The van der Waals surface area contributed by atoms with Crippen LogP contribution in [0, 0.1) is 0 Å². The first-order valence-corrected chi connectivity index (χ1v) is 9.88. The van der Waals surface area contributed by atoms with Gasteiger partial charge in [-0.15, -0.1) is 0 Å². The Morgan fingerprint density at radius 1 is 1.04 bits per heavy atom. The van der Waals surface area contributed by atoms with Crippen molar-refractivity contribution >= 4 is 22.4 Å². The summed E-state index contributed by atoms with van der Waals surface area (Å²) in [4.78, 5) is 0. The molecule has 0 radical (unpaired) electrons. The molecule has 0 bridgehead atoms. The average molecular weight is 382 g/mol. The third-order valence-electron chi connectivity index (χ3n) is 5.04. The van der Waals surface area contributed by atoms with Crippen molar-refractivity contribution in [3.05, 3.63) is 76.8 Å². The maximum absolute atomic E-state index is 6.28. The summed E-state index contributed by atoms with van der Waals surface area (Å²) in [7, 11) is 0. The smallest absolute Gasteiger partial charge is 0.124 e. The number of benzene rings is 3. The minimum atomic E-state index is 0.326. The normalized spacial score (nSPS) is 16.7. The molecule has 4 rings (SSSR count). The molecule has 1 fully saturated rings. The van der Waals surface area contributed by atoms with Gasteiger partial charge in [0.25, 0.3) is 0 Å². The van der Waals surface area contributed by atoms with Gasteiger partial charge in [-0.2, -0.15) is 0 Å². The third kappa shape index (κ3) is 4.44. The van der Waals surface area contributed by atoms with E-state index < -0.39 is 0 Å². The Hall–Kier alpha value is -2.07. The van der Waals surface area contributed by atoms with Crippen LogP contribution >= 0.6 is 11.6 Å². The average Bonchev–Trinajstić information content (AvgIpc) is 3.21. The van der Waals surface area contributed by atoms with Crippen molar-refractivity contribution in [2.75, 3.05) is 13.2 Å². The first-order chi connectivity index (χ1) is 13.3. The molecule has 0 unspecified atom stereocenters. The van der Waals surface area contributed by atoms with Crippen LogP contribution in [0.25, 0.3) is 10.8 Å². The number of hydrogen-bond donors (Lipinski definition) is 1. The fourth-order valence-corrected chi connectivity index (χ4v) is 3.76. The van der Waals surface area contributed by atoms with Gasteiger partial charge >= 0.3 is 0 Å². The van der Waals surface area contributed by atoms with Gasteiger partial charge < -0.3 is 14.8 Å². The molecule has 1 aliphatic heterocycles. The van der Waals surface area contributed by atoms with Crippen molar-refractivity contribution in [2.45, 2.75) is 32.1 Å². The van der Waals surface area contributed by atoms with Gasteiger partial charge in [0.05, 0.1) is 6.10 Å². The molecule has 1 atom stereocenters. The maximum atomic E-state index is 6.28. The summed E-state index contributed by atoms with van der Waals surface area (Å²) in [5, 5.41) is 6.72. The molecule has 0 aromatic heterocycles. The van der Waals surface area contributed by atoms with Gasteiger partial charge in [-0.3, -0.25) is 0 Å². The molecule has 27 heavy (non-hydrogen) atoms. The van der Waals surface area contributed by atoms with Crippen LogP contribution in [0.3, 0.4) is 0 Å². The van der Waals surface area contributed by atoms with Gasteiger partial charge in [0, 0.05) is 35.8 Å². The Morgan fingerprint density at radius 2 is 1.89 bits per heavy atom. The quantitative estimate of drug-likeness (QED) is 0.599. The van der Waals surface area contributed by atoms with Crippen molar-refractivity contribution in [2.24, 2.45) is 0 Å². The van der Waals surface area contributed by atoms with Gasteiger partial charge in [0.1, 0.15) is 12.4 Å². The minimum Gasteiger partial charge on any atom is -0.488 e. The van der Waals surface area contributed by atoms with E-state index in [1.807, 2.05) is 24.3 Å². The lowest BCUT2D eigenvalue weighted by atomic mass is 10.0. The number of halogens is 1. The van der Waals surface area contributed by atoms with E-state index in [-0.39, 0.29) is 0 Å². The highest BCUT2D eigenvalue weighted by Crippen LogP contribution is 2.29. The zero-order valence-corrected chi connectivity index (χ0v) is 16.0. The first-order valence-electron chi connectivity index (χ1n) is 9.50. The lowest BCUT2D eigenvalue weighted by molar-refractivity contribution is 0.110. The molecular weight excluding hydrogens is 358 g/mol. The van der Waals surface area contributed by atoms with Crippen LogP contribution in [0.4, 0.5) is 0 Å². The predicted octanol–water partition coefficient (Wildman–Crippen LogP) is 5.34. The molecule has 3 aromatic carbocycles. The van der Waals surface area contributed by atoms with Gasteiger partial charge in [0.2, 0.25) is 0 Å². The molecule has 3 aromatic rings. The van der Waals surface area contributed by atoms with E-state index in [1.54, 1.807) is 0 Å². The summed E-state index contributed by atoms with van der Waals surface area (Å²) >= 11 is 6.28. The van der Waals surface area contributed by atoms with Crippen LogP contribution in [-0.4, -0.2) is 19.3 Å². The van der Waals surface area contributed by atoms with Crippen molar-refractivity contribution < 1.29 is 9.47 Å². The highest BCUT2D eigenvalue weighted by atomic mass is 35.5. The van der Waals surface area contributed by atoms with E-state index in [1.165, 1.54) is 16.3 Å². The highest BCUT2D eigenvalue weighted by molar-refractivity contribution is 6.31. The van der Waals surface area contributed by atoms with Gasteiger partial charge in [-0.1, -0.05) is 60.1 Å². The third-order valence-corrected chi connectivity index (χ3v) is 5.41. The molecule has 3 nitrogen and oxygen atoms in total. The Kier molecular flexibility index (Phi) is 5.93. The molecule has 0 amide bonds. The van der Waals surface area contributed by atoms with Crippen LogP contribution in [0.15, 0.2) is 60.7 Å². The van der Waals surface area contributed by atoms with Crippen molar-refractivity contribution in [1.82, 2.24) is 5.32 Å². The summed E-state index contributed by atoms with van der Waals surface area (Å²) in [6.45, 7) is 2.95. The fraction of sp³-hybridized carbons (Fsp3) is 0.304. The van der Waals surface area contributed by atoms with Crippen LogP contribution in [0.2, 0.25) is 5.02 Å². The zero-order chi connectivity index (χ0) is 18.5. The topological polar surface area (TPSA) is 30.5 Å². The SMILES string of the molecule is Clc1ccccc1COc1ccc2ccccc2c1CNC[C@@H]1CCCO1. The number of nitrogens with one attached hydrogen (secondary N) is 1. The van der Waals surface area contributed by atoms with Crippen molar-refractivity contribution in [1.29, 1.82) is 0 Å². The van der Waals surface area contributed by atoms with E-state index >= 15 is 0 Å². The molecule has 0 aliphatic carbocycles. The molecule has 0 spiro atoms. The monoisotopic (exact) mass is 381 g/mol. The van der Waals surface area contributed by atoms with E-state index in [4.69, 9.17) is 21.1 Å². The Morgan fingerprint density at radius 3 is 2.74 bits per heavy atom. The summed E-state index contributed by atoms with van der Waals surface area (Å²) in [6.07, 6.45) is 2.62. The van der Waals surface area contributed by atoms with E-state index in [0.717, 1.165) is 48.9 Å². The van der Waals surface area contributed by atoms with Crippen LogP contribution in [0.1, 0.15) is 24.0 Å². The van der Waals surface area contributed by atoms with Crippen molar-refractivity contribution in [3.63, 3.8) is 0 Å². The van der Waals surface area contributed by atoms with Gasteiger partial charge in [-0.05, 0) is 35.7 Å².